The molecule has 0 amide bonds. The molecule has 4 heterocycles. The van der Waals surface area contributed by atoms with Crippen molar-refractivity contribution >= 4 is 51.1 Å². The minimum atomic E-state index is -5.03. The van der Waals surface area contributed by atoms with Crippen LogP contribution in [0.4, 0.5) is 13.2 Å². The van der Waals surface area contributed by atoms with Crippen LogP contribution in [0.1, 0.15) is 25.9 Å². The first-order chi connectivity index (χ1) is 19.2. The summed E-state index contributed by atoms with van der Waals surface area (Å²) in [7, 11) is 0. The van der Waals surface area contributed by atoms with Crippen molar-refractivity contribution in [2.75, 3.05) is 0 Å². The molecule has 10 heteroatoms. The number of thiophene rings is 2. The Hall–Kier alpha value is -4.82. The molecule has 0 spiro atoms. The fourth-order valence-corrected chi connectivity index (χ4v) is 6.31. The maximum Gasteiger partial charge on any atom is 0.437 e. The smallest absolute Gasteiger partial charge is 0.437 e. The number of aryl methyl sites for hydroxylation is 1. The number of hydrogen-bond donors (Lipinski definition) is 1. The molecule has 1 unspecified atom stereocenters. The number of nitriles is 3. The average molecular weight is 571 g/mol. The highest BCUT2D eigenvalue weighted by Crippen LogP contribution is 2.56. The normalized spacial score (nSPS) is 17.4. The van der Waals surface area contributed by atoms with E-state index in [1.807, 2.05) is 25.1 Å². The van der Waals surface area contributed by atoms with Gasteiger partial charge in [-0.3, -0.25) is 0 Å². The number of nitrogens with one attached hydrogen (secondary N) is 1. The molecular formula is C30H17F3N4OS2. The van der Waals surface area contributed by atoms with E-state index in [1.54, 1.807) is 41.7 Å². The summed E-state index contributed by atoms with van der Waals surface area (Å²) in [5, 5.41) is 28.6. The molecule has 3 aromatic heterocycles. The summed E-state index contributed by atoms with van der Waals surface area (Å²) in [4.78, 5) is 5.87. The summed E-state index contributed by atoms with van der Waals surface area (Å²) in [6.07, 6.45) is 1.53. The molecule has 0 saturated heterocycles. The molecule has 1 N–H and O–H groups in total. The SMILES string of the molecule is Cc1cc2sc(/C=C/c3ccc(/C=C/C4=C(C#N)C(=C(C#N)C#N)OC4(c4ccccc4)C(F)(F)F)s3)cc2[nH]1. The molecule has 40 heavy (non-hydrogen) atoms. The molecule has 5 nitrogen and oxygen atoms in total. The van der Waals surface area contributed by atoms with Crippen LogP contribution >= 0.6 is 22.7 Å². The van der Waals surface area contributed by atoms with E-state index in [2.05, 4.69) is 17.1 Å². The van der Waals surface area contributed by atoms with E-state index in [1.165, 1.54) is 47.8 Å². The second-order valence-corrected chi connectivity index (χ2v) is 11.0. The van der Waals surface area contributed by atoms with Crippen LogP contribution in [-0.4, -0.2) is 11.2 Å². The van der Waals surface area contributed by atoms with Crippen molar-refractivity contribution in [1.82, 2.24) is 4.98 Å². The first kappa shape index (κ1) is 26.8. The molecular weight excluding hydrogens is 553 g/mol. The van der Waals surface area contributed by atoms with Crippen LogP contribution in [0.2, 0.25) is 0 Å². The lowest BCUT2D eigenvalue weighted by Gasteiger charge is -2.33. The summed E-state index contributed by atoms with van der Waals surface area (Å²) in [5.74, 6) is -0.689. The fraction of sp³-hybridized carbons (Fsp3) is 0.100. The number of ether oxygens (including phenoxy) is 1. The van der Waals surface area contributed by atoms with Crippen molar-refractivity contribution in [1.29, 1.82) is 15.8 Å². The zero-order chi connectivity index (χ0) is 28.5. The summed E-state index contributed by atoms with van der Waals surface area (Å²) in [5.41, 5.74) is -2.93. The third kappa shape index (κ3) is 4.63. The van der Waals surface area contributed by atoms with Gasteiger partial charge in [-0.1, -0.05) is 36.4 Å². The Labute approximate surface area is 235 Å². The second-order valence-electron chi connectivity index (χ2n) is 8.76. The maximum absolute atomic E-state index is 14.9. The van der Waals surface area contributed by atoms with Gasteiger partial charge in [-0.25, -0.2) is 0 Å². The van der Waals surface area contributed by atoms with Crippen LogP contribution in [-0.2, 0) is 10.3 Å². The highest BCUT2D eigenvalue weighted by atomic mass is 32.1. The van der Waals surface area contributed by atoms with Crippen LogP contribution in [0, 0.1) is 40.9 Å². The third-order valence-corrected chi connectivity index (χ3v) is 8.27. The van der Waals surface area contributed by atoms with Gasteiger partial charge in [0, 0.05) is 31.5 Å². The van der Waals surface area contributed by atoms with Gasteiger partial charge in [0.1, 0.15) is 23.8 Å². The average Bonchev–Trinajstić information content (AvgIpc) is 3.69. The van der Waals surface area contributed by atoms with Crippen molar-refractivity contribution in [2.45, 2.75) is 18.7 Å². The monoisotopic (exact) mass is 570 g/mol. The van der Waals surface area contributed by atoms with Gasteiger partial charge in [0.2, 0.25) is 0 Å². The number of allylic oxidation sites excluding steroid dienone is 2. The zero-order valence-corrected chi connectivity index (χ0v) is 22.3. The summed E-state index contributed by atoms with van der Waals surface area (Å²) < 4.78 is 51.2. The Morgan fingerprint density at radius 2 is 1.55 bits per heavy atom. The number of nitrogens with zero attached hydrogens (tertiary/aromatic N) is 3. The van der Waals surface area contributed by atoms with E-state index >= 15 is 0 Å². The maximum atomic E-state index is 14.9. The molecule has 0 saturated carbocycles. The van der Waals surface area contributed by atoms with Crippen molar-refractivity contribution in [3.8, 4) is 18.2 Å². The molecule has 0 bridgehead atoms. The predicted octanol–water partition coefficient (Wildman–Crippen LogP) is 8.39. The number of aromatic nitrogens is 1. The number of rotatable bonds is 5. The van der Waals surface area contributed by atoms with Crippen LogP contribution in [0.3, 0.4) is 0 Å². The second kappa shape index (κ2) is 10.4. The largest absolute Gasteiger partial charge is 0.465 e. The number of H-pyrrole nitrogens is 1. The Balaban J connectivity index is 1.55. The topological polar surface area (TPSA) is 96.4 Å². The van der Waals surface area contributed by atoms with Gasteiger partial charge in [-0.05, 0) is 49.4 Å². The number of halogens is 3. The number of alkyl halides is 3. The van der Waals surface area contributed by atoms with Gasteiger partial charge in [0.15, 0.2) is 11.3 Å². The molecule has 0 fully saturated rings. The lowest BCUT2D eigenvalue weighted by Crippen LogP contribution is -2.43. The molecule has 1 atom stereocenters. The van der Waals surface area contributed by atoms with E-state index in [0.717, 1.165) is 25.7 Å². The van der Waals surface area contributed by atoms with Crippen LogP contribution in [0.25, 0.3) is 28.4 Å². The Morgan fingerprint density at radius 1 is 0.900 bits per heavy atom. The van der Waals surface area contributed by atoms with E-state index < -0.39 is 34.3 Å². The van der Waals surface area contributed by atoms with Gasteiger partial charge in [0.05, 0.1) is 10.2 Å². The quantitative estimate of drug-likeness (QED) is 0.244. The molecule has 5 rings (SSSR count). The molecule has 1 aromatic carbocycles. The molecule has 196 valence electrons. The lowest BCUT2D eigenvalue weighted by molar-refractivity contribution is -0.249. The van der Waals surface area contributed by atoms with Crippen molar-refractivity contribution < 1.29 is 17.9 Å². The van der Waals surface area contributed by atoms with Crippen LogP contribution in [0.15, 0.2) is 83.2 Å². The van der Waals surface area contributed by atoms with Gasteiger partial charge in [-0.2, -0.15) is 29.0 Å². The Morgan fingerprint density at radius 3 is 2.15 bits per heavy atom. The first-order valence-electron chi connectivity index (χ1n) is 11.8. The van der Waals surface area contributed by atoms with E-state index in [-0.39, 0.29) is 5.56 Å². The molecule has 1 aliphatic rings. The number of aromatic amines is 1. The van der Waals surface area contributed by atoms with E-state index in [4.69, 9.17) is 4.74 Å². The minimum Gasteiger partial charge on any atom is -0.465 e. The highest BCUT2D eigenvalue weighted by molar-refractivity contribution is 7.20. The molecule has 4 aromatic rings. The Kier molecular flexibility index (Phi) is 6.95. The number of hydrogen-bond acceptors (Lipinski definition) is 6. The molecule has 1 aliphatic heterocycles. The van der Waals surface area contributed by atoms with E-state index in [9.17, 15) is 29.0 Å². The van der Waals surface area contributed by atoms with Gasteiger partial charge in [0.25, 0.3) is 5.60 Å². The Bertz CT molecular complexity index is 1820. The van der Waals surface area contributed by atoms with Gasteiger partial charge >= 0.3 is 6.18 Å². The van der Waals surface area contributed by atoms with Gasteiger partial charge in [-0.15, -0.1) is 22.7 Å². The summed E-state index contributed by atoms with van der Waals surface area (Å²) in [6, 6.07) is 19.4. The standard InChI is InChI=1S/C30H17F3N4OS2/c1-18-13-27-26(37-18)14-23(40-27)10-9-21-7-8-22(39-21)11-12-25-24(17-36)28(19(15-34)16-35)38-29(25,30(31,32)33)20-5-3-2-4-6-20/h2-14,37H,1H3/b10-9+,12-11+. The van der Waals surface area contributed by atoms with Gasteiger partial charge < -0.3 is 9.72 Å². The lowest BCUT2D eigenvalue weighted by atomic mass is 9.84. The van der Waals surface area contributed by atoms with Crippen molar-refractivity contribution in [3.05, 3.63) is 109 Å². The van der Waals surface area contributed by atoms with Crippen LogP contribution in [0.5, 0.6) is 0 Å². The zero-order valence-electron chi connectivity index (χ0n) is 20.7. The minimum absolute atomic E-state index is 0.280. The summed E-state index contributed by atoms with van der Waals surface area (Å²) in [6.45, 7) is 2.00. The first-order valence-corrected chi connectivity index (χ1v) is 13.4. The van der Waals surface area contributed by atoms with Crippen LogP contribution < -0.4 is 0 Å². The molecule has 0 radical (unpaired) electrons. The predicted molar refractivity (Wildman–Crippen MR) is 149 cm³/mol. The van der Waals surface area contributed by atoms with Crippen molar-refractivity contribution in [3.63, 3.8) is 0 Å². The third-order valence-electron chi connectivity index (χ3n) is 6.21. The van der Waals surface area contributed by atoms with Crippen molar-refractivity contribution in [2.24, 2.45) is 0 Å². The molecule has 0 aliphatic carbocycles. The van der Waals surface area contributed by atoms with E-state index in [0.29, 0.717) is 4.88 Å². The highest BCUT2D eigenvalue weighted by Gasteiger charge is 2.65. The number of benzene rings is 1. The fourth-order valence-electron chi connectivity index (χ4n) is 4.47. The summed E-state index contributed by atoms with van der Waals surface area (Å²) >= 11 is 3.00. The number of fused-ring (bicyclic) bond motifs is 1.